The lowest BCUT2D eigenvalue weighted by Gasteiger charge is -2.36. The molecule has 0 aromatic rings. The number of aldehydes is 1. The van der Waals surface area contributed by atoms with E-state index >= 15 is 0 Å². The van der Waals surface area contributed by atoms with E-state index in [1.165, 1.54) is 0 Å². The largest absolute Gasteiger partial charge is 0.303 e. The van der Waals surface area contributed by atoms with Crippen LogP contribution < -0.4 is 0 Å². The Morgan fingerprint density at radius 1 is 1.58 bits per heavy atom. The highest BCUT2D eigenvalue weighted by molar-refractivity contribution is 5.80. The van der Waals surface area contributed by atoms with Gasteiger partial charge in [-0.2, -0.15) is 0 Å². The van der Waals surface area contributed by atoms with E-state index in [1.807, 2.05) is 0 Å². The Labute approximate surface area is 73.3 Å². The summed E-state index contributed by atoms with van der Waals surface area (Å²) in [4.78, 5) is 21.5. The Morgan fingerprint density at radius 2 is 2.25 bits per heavy atom. The van der Waals surface area contributed by atoms with Gasteiger partial charge in [0.25, 0.3) is 0 Å². The van der Waals surface area contributed by atoms with Gasteiger partial charge in [0.05, 0.1) is 0 Å². The van der Waals surface area contributed by atoms with Crippen molar-refractivity contribution in [3.8, 4) is 0 Å². The molecule has 0 aliphatic heterocycles. The van der Waals surface area contributed by atoms with Gasteiger partial charge in [-0.05, 0) is 17.8 Å². The molecule has 0 bridgehead atoms. The van der Waals surface area contributed by atoms with Crippen LogP contribution in [-0.2, 0) is 9.59 Å². The fraction of sp³-hybridized carbons (Fsp3) is 0.800. The molecule has 1 rings (SSSR count). The van der Waals surface area contributed by atoms with E-state index in [0.717, 1.165) is 12.7 Å². The zero-order valence-corrected chi connectivity index (χ0v) is 7.80. The molecule has 0 radical (unpaired) electrons. The van der Waals surface area contributed by atoms with Crippen molar-refractivity contribution < 1.29 is 9.59 Å². The minimum Gasteiger partial charge on any atom is -0.303 e. The Kier molecular flexibility index (Phi) is 2.65. The predicted octanol–water partition coefficient (Wildman–Crippen LogP) is 1.97. The SMILES string of the molecule is CC1(C)CCC(=O)C[C@@H]1CC=O. The first-order valence-electron chi connectivity index (χ1n) is 4.51. The van der Waals surface area contributed by atoms with Gasteiger partial charge in [-0.3, -0.25) is 4.79 Å². The molecule has 1 atom stereocenters. The van der Waals surface area contributed by atoms with Crippen LogP contribution >= 0.6 is 0 Å². The quantitative estimate of drug-likeness (QED) is 0.591. The summed E-state index contributed by atoms with van der Waals surface area (Å²) in [5, 5.41) is 0. The molecule has 0 unspecified atom stereocenters. The van der Waals surface area contributed by atoms with E-state index in [4.69, 9.17) is 0 Å². The summed E-state index contributed by atoms with van der Waals surface area (Å²) in [6.07, 6.45) is 3.71. The number of carbonyl (C=O) groups is 2. The normalized spacial score (nSPS) is 28.5. The van der Waals surface area contributed by atoms with Crippen molar-refractivity contribution in [2.45, 2.75) is 39.5 Å². The fourth-order valence-corrected chi connectivity index (χ4v) is 1.84. The average molecular weight is 168 g/mol. The Hall–Kier alpha value is -0.660. The van der Waals surface area contributed by atoms with Crippen LogP contribution in [0.5, 0.6) is 0 Å². The van der Waals surface area contributed by atoms with Gasteiger partial charge in [0, 0.05) is 19.3 Å². The molecule has 0 aromatic heterocycles. The molecule has 1 saturated carbocycles. The number of ketones is 1. The molecule has 0 aromatic carbocycles. The molecule has 2 nitrogen and oxygen atoms in total. The van der Waals surface area contributed by atoms with Crippen LogP contribution in [0, 0.1) is 11.3 Å². The minimum atomic E-state index is 0.175. The van der Waals surface area contributed by atoms with Crippen molar-refractivity contribution in [2.24, 2.45) is 11.3 Å². The van der Waals surface area contributed by atoms with E-state index in [-0.39, 0.29) is 11.3 Å². The van der Waals surface area contributed by atoms with Crippen LogP contribution in [0.25, 0.3) is 0 Å². The van der Waals surface area contributed by atoms with Crippen molar-refractivity contribution in [3.05, 3.63) is 0 Å². The summed E-state index contributed by atoms with van der Waals surface area (Å²) in [6, 6.07) is 0. The molecule has 0 saturated heterocycles. The number of carbonyl (C=O) groups excluding carboxylic acids is 2. The number of rotatable bonds is 2. The molecule has 12 heavy (non-hydrogen) atoms. The van der Waals surface area contributed by atoms with Crippen LogP contribution in [0.3, 0.4) is 0 Å². The Morgan fingerprint density at radius 3 is 2.83 bits per heavy atom. The number of hydrogen-bond donors (Lipinski definition) is 0. The maximum atomic E-state index is 11.1. The highest BCUT2D eigenvalue weighted by atomic mass is 16.1. The topological polar surface area (TPSA) is 34.1 Å². The van der Waals surface area contributed by atoms with E-state index < -0.39 is 0 Å². The molecular formula is C10H16O2. The van der Waals surface area contributed by atoms with E-state index in [2.05, 4.69) is 13.8 Å². The summed E-state index contributed by atoms with van der Waals surface area (Å²) in [6.45, 7) is 4.29. The van der Waals surface area contributed by atoms with Crippen LogP contribution in [-0.4, -0.2) is 12.1 Å². The smallest absolute Gasteiger partial charge is 0.133 e. The number of hydrogen-bond acceptors (Lipinski definition) is 2. The van der Waals surface area contributed by atoms with Gasteiger partial charge in [-0.1, -0.05) is 13.8 Å². The van der Waals surface area contributed by atoms with Crippen molar-refractivity contribution in [2.75, 3.05) is 0 Å². The summed E-state index contributed by atoms with van der Waals surface area (Å²) >= 11 is 0. The maximum absolute atomic E-state index is 11.1. The highest BCUT2D eigenvalue weighted by Crippen LogP contribution is 2.40. The van der Waals surface area contributed by atoms with Gasteiger partial charge in [0.2, 0.25) is 0 Å². The standard InChI is InChI=1S/C10H16O2/c1-10(2)5-3-9(12)7-8(10)4-6-11/h6,8H,3-5,7H2,1-2H3/t8-/m0/s1. The second-order valence-corrected chi connectivity index (χ2v) is 4.33. The predicted molar refractivity (Wildman–Crippen MR) is 46.8 cm³/mol. The molecule has 0 spiro atoms. The number of Topliss-reactive ketones (excluding diaryl/α,β-unsaturated/α-hetero) is 1. The van der Waals surface area contributed by atoms with Gasteiger partial charge >= 0.3 is 0 Å². The Balaban J connectivity index is 2.64. The van der Waals surface area contributed by atoms with E-state index in [9.17, 15) is 9.59 Å². The molecule has 1 aliphatic carbocycles. The van der Waals surface area contributed by atoms with Gasteiger partial charge in [0.15, 0.2) is 0 Å². The van der Waals surface area contributed by atoms with E-state index in [1.54, 1.807) is 0 Å². The van der Waals surface area contributed by atoms with Crippen LogP contribution in [0.1, 0.15) is 39.5 Å². The lowest BCUT2D eigenvalue weighted by molar-refractivity contribution is -0.125. The third-order valence-corrected chi connectivity index (χ3v) is 3.01. The summed E-state index contributed by atoms with van der Waals surface area (Å²) in [7, 11) is 0. The summed E-state index contributed by atoms with van der Waals surface area (Å²) in [5.74, 6) is 0.595. The zero-order valence-electron chi connectivity index (χ0n) is 7.80. The molecular weight excluding hydrogens is 152 g/mol. The molecule has 0 heterocycles. The minimum absolute atomic E-state index is 0.175. The van der Waals surface area contributed by atoms with Gasteiger partial charge < -0.3 is 4.79 Å². The van der Waals surface area contributed by atoms with Crippen LogP contribution in [0.15, 0.2) is 0 Å². The third-order valence-electron chi connectivity index (χ3n) is 3.01. The first-order valence-corrected chi connectivity index (χ1v) is 4.51. The third kappa shape index (κ3) is 1.93. The molecule has 2 heteroatoms. The van der Waals surface area contributed by atoms with Crippen LogP contribution in [0.2, 0.25) is 0 Å². The Bertz CT molecular complexity index is 194. The fourth-order valence-electron chi connectivity index (χ4n) is 1.84. The first-order chi connectivity index (χ1) is 5.56. The second-order valence-electron chi connectivity index (χ2n) is 4.33. The lowest BCUT2D eigenvalue weighted by atomic mass is 9.67. The van der Waals surface area contributed by atoms with E-state index in [0.29, 0.717) is 25.0 Å². The van der Waals surface area contributed by atoms with Crippen molar-refractivity contribution in [1.82, 2.24) is 0 Å². The van der Waals surface area contributed by atoms with Crippen molar-refractivity contribution in [1.29, 1.82) is 0 Å². The molecule has 1 fully saturated rings. The maximum Gasteiger partial charge on any atom is 0.133 e. The summed E-state index contributed by atoms with van der Waals surface area (Å²) in [5.41, 5.74) is 0.175. The summed E-state index contributed by atoms with van der Waals surface area (Å²) < 4.78 is 0. The highest BCUT2D eigenvalue weighted by Gasteiger charge is 2.34. The van der Waals surface area contributed by atoms with Gasteiger partial charge in [0.1, 0.15) is 12.1 Å². The monoisotopic (exact) mass is 168 g/mol. The lowest BCUT2D eigenvalue weighted by Crippen LogP contribution is -2.32. The van der Waals surface area contributed by atoms with Crippen molar-refractivity contribution >= 4 is 12.1 Å². The molecule has 0 N–H and O–H groups in total. The van der Waals surface area contributed by atoms with Gasteiger partial charge in [-0.15, -0.1) is 0 Å². The van der Waals surface area contributed by atoms with Crippen molar-refractivity contribution in [3.63, 3.8) is 0 Å². The second kappa shape index (κ2) is 3.38. The molecule has 0 amide bonds. The first kappa shape index (κ1) is 9.43. The zero-order chi connectivity index (χ0) is 9.19. The van der Waals surface area contributed by atoms with Gasteiger partial charge in [-0.25, -0.2) is 0 Å². The van der Waals surface area contributed by atoms with Crippen LogP contribution in [0.4, 0.5) is 0 Å². The molecule has 68 valence electrons. The average Bonchev–Trinajstić information content (AvgIpc) is 1.98. The molecule has 1 aliphatic rings.